The van der Waals surface area contributed by atoms with Crippen LogP contribution in [-0.4, -0.2) is 20.3 Å². The number of hydrogen-bond acceptors (Lipinski definition) is 3. The molecule has 0 spiro atoms. The molecule has 3 heterocycles. The van der Waals surface area contributed by atoms with E-state index in [4.69, 9.17) is 0 Å². The summed E-state index contributed by atoms with van der Waals surface area (Å²) < 4.78 is 1.85. The average molecular weight is 294 g/mol. The highest BCUT2D eigenvalue weighted by Gasteiger charge is 2.18. The van der Waals surface area contributed by atoms with Gasteiger partial charge in [0.05, 0.1) is 17.9 Å². The van der Waals surface area contributed by atoms with Crippen molar-refractivity contribution >= 4 is 11.6 Å². The zero-order valence-electron chi connectivity index (χ0n) is 12.7. The lowest BCUT2D eigenvalue weighted by Gasteiger charge is -2.06. The Hall–Kier alpha value is -2.69. The first kappa shape index (κ1) is 14.3. The lowest BCUT2D eigenvalue weighted by atomic mass is 10.2. The van der Waals surface area contributed by atoms with Crippen LogP contribution in [0.3, 0.4) is 0 Å². The molecule has 3 aromatic rings. The van der Waals surface area contributed by atoms with Gasteiger partial charge in [0.2, 0.25) is 0 Å². The highest BCUT2D eigenvalue weighted by Crippen LogP contribution is 2.15. The molecule has 1 N–H and O–H groups in total. The zero-order valence-corrected chi connectivity index (χ0v) is 12.7. The third-order valence-electron chi connectivity index (χ3n) is 3.56. The molecule has 5 heteroatoms. The van der Waals surface area contributed by atoms with Crippen molar-refractivity contribution in [1.82, 2.24) is 19.7 Å². The van der Waals surface area contributed by atoms with Gasteiger partial charge in [-0.05, 0) is 43.2 Å². The Bertz CT molecular complexity index is 808. The fourth-order valence-electron chi connectivity index (χ4n) is 2.44. The number of nitrogens with zero attached hydrogens (tertiary/aromatic N) is 3. The molecule has 0 bridgehead atoms. The van der Waals surface area contributed by atoms with Crippen LogP contribution in [0.15, 0.2) is 42.7 Å². The Morgan fingerprint density at radius 3 is 2.91 bits per heavy atom. The monoisotopic (exact) mass is 294 g/mol. The number of imidazole rings is 1. The normalized spacial score (nSPS) is 10.8. The number of carbonyl (C=O) groups is 1. The molecule has 0 aliphatic heterocycles. The molecule has 0 unspecified atom stereocenters. The van der Waals surface area contributed by atoms with Crippen molar-refractivity contribution in [3.8, 4) is 0 Å². The molecule has 0 saturated heterocycles. The lowest BCUT2D eigenvalue weighted by Crippen LogP contribution is -2.25. The van der Waals surface area contributed by atoms with Crippen LogP contribution in [0.4, 0.5) is 0 Å². The topological polar surface area (TPSA) is 59.3 Å². The molecule has 112 valence electrons. The van der Waals surface area contributed by atoms with E-state index in [1.807, 2.05) is 54.8 Å². The smallest absolute Gasteiger partial charge is 0.270 e. The maximum Gasteiger partial charge on any atom is 0.270 e. The van der Waals surface area contributed by atoms with Crippen molar-refractivity contribution < 1.29 is 4.79 Å². The fraction of sp³-hybridized carbons (Fsp3) is 0.235. The van der Waals surface area contributed by atoms with Gasteiger partial charge in [-0.15, -0.1) is 0 Å². The van der Waals surface area contributed by atoms with Gasteiger partial charge < -0.3 is 5.32 Å². The molecule has 0 aliphatic rings. The number of pyridine rings is 2. The number of amides is 1. The van der Waals surface area contributed by atoms with E-state index < -0.39 is 0 Å². The third-order valence-corrected chi connectivity index (χ3v) is 3.56. The maximum absolute atomic E-state index is 12.6. The average Bonchev–Trinajstić information content (AvgIpc) is 2.91. The van der Waals surface area contributed by atoms with E-state index in [9.17, 15) is 4.79 Å². The van der Waals surface area contributed by atoms with Gasteiger partial charge in [-0.3, -0.25) is 14.2 Å². The predicted octanol–water partition coefficient (Wildman–Crippen LogP) is 2.53. The summed E-state index contributed by atoms with van der Waals surface area (Å²) in [5.74, 6) is -0.126. The van der Waals surface area contributed by atoms with Crippen LogP contribution >= 0.6 is 0 Å². The fourth-order valence-corrected chi connectivity index (χ4v) is 2.44. The van der Waals surface area contributed by atoms with E-state index >= 15 is 0 Å². The van der Waals surface area contributed by atoms with Crippen LogP contribution in [0, 0.1) is 6.92 Å². The van der Waals surface area contributed by atoms with Crippen molar-refractivity contribution in [2.75, 3.05) is 0 Å². The molecule has 22 heavy (non-hydrogen) atoms. The number of rotatable bonds is 4. The van der Waals surface area contributed by atoms with E-state index in [1.165, 1.54) is 0 Å². The highest BCUT2D eigenvalue weighted by molar-refractivity contribution is 5.94. The number of nitrogens with one attached hydrogen (secondary N) is 1. The van der Waals surface area contributed by atoms with E-state index in [-0.39, 0.29) is 5.91 Å². The van der Waals surface area contributed by atoms with Crippen LogP contribution in [-0.2, 0) is 13.0 Å². The first-order valence-corrected chi connectivity index (χ1v) is 7.34. The predicted molar refractivity (Wildman–Crippen MR) is 84.7 cm³/mol. The molecule has 3 aromatic heterocycles. The van der Waals surface area contributed by atoms with Gasteiger partial charge in [-0.25, -0.2) is 4.98 Å². The van der Waals surface area contributed by atoms with Crippen LogP contribution < -0.4 is 5.32 Å². The molecular formula is C17H18N4O. The first-order valence-electron chi connectivity index (χ1n) is 7.34. The number of aryl methyl sites for hydroxylation is 2. The Labute approximate surface area is 129 Å². The summed E-state index contributed by atoms with van der Waals surface area (Å²) in [7, 11) is 0. The van der Waals surface area contributed by atoms with E-state index in [0.29, 0.717) is 18.7 Å². The zero-order chi connectivity index (χ0) is 15.5. The summed E-state index contributed by atoms with van der Waals surface area (Å²) in [4.78, 5) is 21.3. The molecule has 1 amide bonds. The van der Waals surface area contributed by atoms with E-state index in [1.54, 1.807) is 6.20 Å². The molecule has 0 radical (unpaired) electrons. The Balaban J connectivity index is 1.89. The van der Waals surface area contributed by atoms with Gasteiger partial charge in [0.15, 0.2) is 0 Å². The molecule has 0 aromatic carbocycles. The molecule has 3 rings (SSSR count). The largest absolute Gasteiger partial charge is 0.345 e. The van der Waals surface area contributed by atoms with E-state index in [0.717, 1.165) is 22.6 Å². The third kappa shape index (κ3) is 2.70. The van der Waals surface area contributed by atoms with Gasteiger partial charge in [-0.2, -0.15) is 0 Å². The van der Waals surface area contributed by atoms with Gasteiger partial charge in [0, 0.05) is 12.4 Å². The molecule has 0 saturated carbocycles. The second-order valence-electron chi connectivity index (χ2n) is 5.20. The van der Waals surface area contributed by atoms with Crippen LogP contribution in [0.25, 0.3) is 5.65 Å². The van der Waals surface area contributed by atoms with E-state index in [2.05, 4.69) is 15.3 Å². The second kappa shape index (κ2) is 5.97. The lowest BCUT2D eigenvalue weighted by molar-refractivity contribution is 0.0943. The quantitative estimate of drug-likeness (QED) is 0.804. The summed E-state index contributed by atoms with van der Waals surface area (Å²) in [6.07, 6.45) is 4.33. The number of carbonyl (C=O) groups excluding carboxylic acids is 1. The van der Waals surface area contributed by atoms with Crippen molar-refractivity contribution in [3.63, 3.8) is 0 Å². The Morgan fingerprint density at radius 1 is 1.32 bits per heavy atom. The summed E-state index contributed by atoms with van der Waals surface area (Å²) in [6.45, 7) is 4.42. The molecule has 0 fully saturated rings. The minimum absolute atomic E-state index is 0.126. The van der Waals surface area contributed by atoms with Crippen LogP contribution in [0.1, 0.15) is 34.4 Å². The summed E-state index contributed by atoms with van der Waals surface area (Å²) in [5, 5.41) is 2.92. The molecule has 0 aliphatic carbocycles. The van der Waals surface area contributed by atoms with Crippen molar-refractivity contribution in [3.05, 3.63) is 65.4 Å². The molecule has 5 nitrogen and oxygen atoms in total. The highest BCUT2D eigenvalue weighted by atomic mass is 16.1. The number of fused-ring (bicyclic) bond motifs is 1. The van der Waals surface area contributed by atoms with Gasteiger partial charge in [0.25, 0.3) is 5.91 Å². The summed E-state index contributed by atoms with van der Waals surface area (Å²) >= 11 is 0. The van der Waals surface area contributed by atoms with Crippen molar-refractivity contribution in [1.29, 1.82) is 0 Å². The van der Waals surface area contributed by atoms with Crippen molar-refractivity contribution in [2.45, 2.75) is 26.8 Å². The minimum atomic E-state index is -0.126. The Kier molecular flexibility index (Phi) is 3.87. The standard InChI is InChI=1S/C17H18N4O/c1-3-14-16(21-9-7-12(2)10-15(21)20-14)17(22)19-11-13-6-4-5-8-18-13/h4-10H,3,11H2,1-2H3,(H,19,22). The van der Waals surface area contributed by atoms with Gasteiger partial charge >= 0.3 is 0 Å². The Morgan fingerprint density at radius 2 is 2.18 bits per heavy atom. The van der Waals surface area contributed by atoms with Gasteiger partial charge in [0.1, 0.15) is 11.3 Å². The first-order chi connectivity index (χ1) is 10.7. The minimum Gasteiger partial charge on any atom is -0.345 e. The molecular weight excluding hydrogens is 276 g/mol. The number of aromatic nitrogens is 3. The summed E-state index contributed by atoms with van der Waals surface area (Å²) in [6, 6.07) is 9.60. The number of hydrogen-bond donors (Lipinski definition) is 1. The second-order valence-corrected chi connectivity index (χ2v) is 5.20. The summed E-state index contributed by atoms with van der Waals surface area (Å²) in [5.41, 5.74) is 4.18. The van der Waals surface area contributed by atoms with Crippen LogP contribution in [0.5, 0.6) is 0 Å². The SMILES string of the molecule is CCc1nc2cc(C)ccn2c1C(=O)NCc1ccccn1. The van der Waals surface area contributed by atoms with Crippen LogP contribution in [0.2, 0.25) is 0 Å². The van der Waals surface area contributed by atoms with Crippen molar-refractivity contribution in [2.24, 2.45) is 0 Å². The maximum atomic E-state index is 12.6. The van der Waals surface area contributed by atoms with Gasteiger partial charge in [-0.1, -0.05) is 13.0 Å². The molecule has 0 atom stereocenters.